The first-order chi connectivity index (χ1) is 21.6. The van der Waals surface area contributed by atoms with Gasteiger partial charge in [-0.3, -0.25) is 9.78 Å². The standard InChI is InChI=1S/C35H33ClN6OS/c36-30-11-4-5-12-32(30)41-20-22-42(23-21-41)33-24-31(27-8-2-1-3-9-27)39-35(40-33)44-25-26-13-15-28(16-14-26)34(43)38-19-17-29-10-6-7-18-37-29/h1-16,18,24H,17,19-23,25H2,(H,38,43). The van der Waals surface area contributed by atoms with Crippen molar-refractivity contribution in [2.24, 2.45) is 0 Å². The van der Waals surface area contributed by atoms with Crippen LogP contribution in [0.3, 0.4) is 0 Å². The van der Waals surface area contributed by atoms with Crippen molar-refractivity contribution in [1.29, 1.82) is 0 Å². The number of hydrogen-bond donors (Lipinski definition) is 1. The number of amides is 1. The Bertz CT molecular complexity index is 1680. The largest absolute Gasteiger partial charge is 0.367 e. The summed E-state index contributed by atoms with van der Waals surface area (Å²) in [4.78, 5) is 31.5. The highest BCUT2D eigenvalue weighted by Crippen LogP contribution is 2.30. The third-order valence-electron chi connectivity index (χ3n) is 7.54. The fraction of sp³-hybridized carbons (Fsp3) is 0.200. The third kappa shape index (κ3) is 7.56. The van der Waals surface area contributed by atoms with Gasteiger partial charge >= 0.3 is 0 Å². The summed E-state index contributed by atoms with van der Waals surface area (Å²) in [5.41, 5.74) is 5.74. The van der Waals surface area contributed by atoms with Crippen LogP contribution in [-0.2, 0) is 12.2 Å². The SMILES string of the molecule is O=C(NCCc1ccccn1)c1ccc(CSc2nc(-c3ccccc3)cc(N3CCN(c4ccccc4Cl)CC3)n2)cc1. The number of para-hydroxylation sites is 1. The molecular formula is C35H33ClN6OS. The number of piperazine rings is 1. The maximum atomic E-state index is 12.6. The number of halogens is 1. The van der Waals surface area contributed by atoms with Crippen LogP contribution < -0.4 is 15.1 Å². The van der Waals surface area contributed by atoms with Gasteiger partial charge in [-0.2, -0.15) is 0 Å². The van der Waals surface area contributed by atoms with E-state index in [-0.39, 0.29) is 5.91 Å². The lowest BCUT2D eigenvalue weighted by Crippen LogP contribution is -2.47. The molecule has 2 aromatic heterocycles. The number of carbonyl (C=O) groups excluding carboxylic acids is 1. The molecule has 1 N–H and O–H groups in total. The Kier molecular flexibility index (Phi) is 9.70. The first-order valence-corrected chi connectivity index (χ1v) is 16.1. The van der Waals surface area contributed by atoms with Gasteiger partial charge in [0, 0.05) is 74.0 Å². The van der Waals surface area contributed by atoms with Crippen molar-refractivity contribution in [3.05, 3.63) is 131 Å². The number of aromatic nitrogens is 3. The van der Waals surface area contributed by atoms with Gasteiger partial charge in [-0.15, -0.1) is 0 Å². The number of rotatable bonds is 10. The van der Waals surface area contributed by atoms with E-state index in [1.54, 1.807) is 18.0 Å². The van der Waals surface area contributed by atoms with E-state index in [0.717, 1.165) is 70.4 Å². The molecule has 1 fully saturated rings. The van der Waals surface area contributed by atoms with E-state index in [2.05, 4.69) is 44.4 Å². The van der Waals surface area contributed by atoms with Crippen LogP contribution in [0.15, 0.2) is 114 Å². The average molecular weight is 621 g/mol. The summed E-state index contributed by atoms with van der Waals surface area (Å²) in [5, 5.41) is 4.49. The minimum absolute atomic E-state index is 0.0849. The molecule has 3 aromatic carbocycles. The number of pyridine rings is 1. The molecule has 0 atom stereocenters. The van der Waals surface area contributed by atoms with Crippen molar-refractivity contribution in [2.75, 3.05) is 42.5 Å². The van der Waals surface area contributed by atoms with Crippen LogP contribution in [0.4, 0.5) is 11.5 Å². The van der Waals surface area contributed by atoms with Crippen molar-refractivity contribution in [3.63, 3.8) is 0 Å². The van der Waals surface area contributed by atoms with Crippen molar-refractivity contribution < 1.29 is 4.79 Å². The molecular weight excluding hydrogens is 588 g/mol. The molecule has 0 saturated carbocycles. The van der Waals surface area contributed by atoms with Crippen LogP contribution in [0.2, 0.25) is 5.02 Å². The van der Waals surface area contributed by atoms with Crippen LogP contribution in [0.1, 0.15) is 21.6 Å². The van der Waals surface area contributed by atoms with Crippen LogP contribution in [-0.4, -0.2) is 53.6 Å². The molecule has 0 bridgehead atoms. The van der Waals surface area contributed by atoms with Gasteiger partial charge < -0.3 is 15.1 Å². The summed E-state index contributed by atoms with van der Waals surface area (Å²) in [6, 6.07) is 33.9. The molecule has 0 aliphatic carbocycles. The fourth-order valence-electron chi connectivity index (χ4n) is 5.13. The van der Waals surface area contributed by atoms with Gasteiger partial charge in [-0.1, -0.05) is 84.0 Å². The molecule has 5 aromatic rings. The highest BCUT2D eigenvalue weighted by Gasteiger charge is 2.21. The monoisotopic (exact) mass is 620 g/mol. The number of anilines is 2. The zero-order valence-electron chi connectivity index (χ0n) is 24.3. The van der Waals surface area contributed by atoms with Gasteiger partial charge in [0.25, 0.3) is 5.91 Å². The summed E-state index contributed by atoms with van der Waals surface area (Å²) in [6.45, 7) is 3.94. The highest BCUT2D eigenvalue weighted by atomic mass is 35.5. The Morgan fingerprint density at radius 2 is 1.55 bits per heavy atom. The lowest BCUT2D eigenvalue weighted by Gasteiger charge is -2.37. The van der Waals surface area contributed by atoms with Crippen molar-refractivity contribution in [1.82, 2.24) is 20.3 Å². The van der Waals surface area contributed by atoms with Crippen LogP contribution >= 0.6 is 23.4 Å². The average Bonchev–Trinajstić information content (AvgIpc) is 3.08. The second-order valence-electron chi connectivity index (χ2n) is 10.5. The van der Waals surface area contributed by atoms with E-state index in [4.69, 9.17) is 21.6 Å². The number of carbonyl (C=O) groups is 1. The molecule has 3 heterocycles. The van der Waals surface area contributed by atoms with Crippen LogP contribution in [0.25, 0.3) is 11.3 Å². The normalized spacial score (nSPS) is 13.1. The predicted molar refractivity (Wildman–Crippen MR) is 180 cm³/mol. The maximum Gasteiger partial charge on any atom is 0.251 e. The van der Waals surface area contributed by atoms with E-state index >= 15 is 0 Å². The Morgan fingerprint density at radius 3 is 2.30 bits per heavy atom. The lowest BCUT2D eigenvalue weighted by molar-refractivity contribution is 0.0954. The van der Waals surface area contributed by atoms with Crippen molar-refractivity contribution in [3.8, 4) is 11.3 Å². The number of thioether (sulfide) groups is 1. The quantitative estimate of drug-likeness (QED) is 0.136. The number of hydrogen-bond acceptors (Lipinski definition) is 7. The van der Waals surface area contributed by atoms with Gasteiger partial charge in [-0.25, -0.2) is 9.97 Å². The Morgan fingerprint density at radius 1 is 0.818 bits per heavy atom. The lowest BCUT2D eigenvalue weighted by atomic mass is 10.1. The van der Waals surface area contributed by atoms with Gasteiger partial charge in [0.2, 0.25) is 0 Å². The highest BCUT2D eigenvalue weighted by molar-refractivity contribution is 7.98. The topological polar surface area (TPSA) is 74.2 Å². The molecule has 7 nitrogen and oxygen atoms in total. The second kappa shape index (κ2) is 14.4. The van der Waals surface area contributed by atoms with E-state index in [1.807, 2.05) is 78.9 Å². The molecule has 1 aliphatic rings. The first-order valence-electron chi connectivity index (χ1n) is 14.7. The third-order valence-corrected chi connectivity index (χ3v) is 8.77. The first kappa shape index (κ1) is 29.7. The zero-order valence-corrected chi connectivity index (χ0v) is 25.8. The van der Waals surface area contributed by atoms with Gasteiger partial charge in [0.15, 0.2) is 5.16 Å². The molecule has 44 heavy (non-hydrogen) atoms. The molecule has 222 valence electrons. The van der Waals surface area contributed by atoms with E-state index in [1.165, 1.54) is 0 Å². The Balaban J connectivity index is 1.11. The number of nitrogens with zero attached hydrogens (tertiary/aromatic N) is 5. The molecule has 0 radical (unpaired) electrons. The van der Waals surface area contributed by atoms with Gasteiger partial charge in [-0.05, 0) is 42.0 Å². The van der Waals surface area contributed by atoms with E-state index < -0.39 is 0 Å². The Labute approximate surface area is 267 Å². The van der Waals surface area contributed by atoms with Gasteiger partial charge in [0.05, 0.1) is 16.4 Å². The zero-order chi connectivity index (χ0) is 30.1. The molecule has 1 amide bonds. The number of benzene rings is 3. The number of nitrogens with one attached hydrogen (secondary N) is 1. The molecule has 1 aliphatic heterocycles. The molecule has 0 spiro atoms. The summed E-state index contributed by atoms with van der Waals surface area (Å²) in [5.74, 6) is 1.54. The summed E-state index contributed by atoms with van der Waals surface area (Å²) in [6.07, 6.45) is 2.46. The summed E-state index contributed by atoms with van der Waals surface area (Å²) >= 11 is 8.07. The van der Waals surface area contributed by atoms with Crippen molar-refractivity contribution in [2.45, 2.75) is 17.3 Å². The minimum Gasteiger partial charge on any atom is -0.367 e. The second-order valence-corrected chi connectivity index (χ2v) is 11.8. The smallest absolute Gasteiger partial charge is 0.251 e. The summed E-state index contributed by atoms with van der Waals surface area (Å²) in [7, 11) is 0. The molecule has 0 unspecified atom stereocenters. The van der Waals surface area contributed by atoms with Crippen LogP contribution in [0.5, 0.6) is 0 Å². The maximum absolute atomic E-state index is 12.6. The fourth-order valence-corrected chi connectivity index (χ4v) is 6.20. The van der Waals surface area contributed by atoms with E-state index in [9.17, 15) is 4.79 Å². The van der Waals surface area contributed by atoms with Crippen molar-refractivity contribution >= 4 is 40.8 Å². The minimum atomic E-state index is -0.0849. The molecule has 9 heteroatoms. The Hall–Kier alpha value is -4.40. The predicted octanol–water partition coefficient (Wildman–Crippen LogP) is 6.78. The summed E-state index contributed by atoms with van der Waals surface area (Å²) < 4.78 is 0. The molecule has 6 rings (SSSR count). The molecule has 1 saturated heterocycles. The van der Waals surface area contributed by atoms with Gasteiger partial charge in [0.1, 0.15) is 5.82 Å². The van der Waals surface area contributed by atoms with Crippen LogP contribution in [0, 0.1) is 0 Å². The van der Waals surface area contributed by atoms with E-state index in [0.29, 0.717) is 24.3 Å².